The van der Waals surface area contributed by atoms with E-state index >= 15 is 0 Å². The fourth-order valence-electron chi connectivity index (χ4n) is 1.51. The molecule has 0 radical (unpaired) electrons. The SMILES string of the molecule is CCCCCc1cc(C(=O)[O-])ccc1N. The molecule has 2 N–H and O–H groups in total. The van der Waals surface area contributed by atoms with E-state index in [0.29, 0.717) is 5.69 Å². The van der Waals surface area contributed by atoms with E-state index in [1.807, 2.05) is 0 Å². The summed E-state index contributed by atoms with van der Waals surface area (Å²) < 4.78 is 0. The fourth-order valence-corrected chi connectivity index (χ4v) is 1.51. The van der Waals surface area contributed by atoms with E-state index in [-0.39, 0.29) is 5.56 Å². The molecule has 0 heterocycles. The lowest BCUT2D eigenvalue weighted by Gasteiger charge is -2.09. The Bertz CT molecular complexity index is 347. The minimum Gasteiger partial charge on any atom is -0.545 e. The average Bonchev–Trinajstić information content (AvgIpc) is 2.20. The standard InChI is InChI=1S/C12H17NO2/c1-2-3-4-5-9-8-10(12(14)15)6-7-11(9)13/h6-8H,2-5,13H2,1H3,(H,14,15)/p-1. The number of aromatic carboxylic acids is 1. The summed E-state index contributed by atoms with van der Waals surface area (Å²) in [5, 5.41) is 10.6. The second-order valence-electron chi connectivity index (χ2n) is 3.66. The van der Waals surface area contributed by atoms with Crippen LogP contribution in [0.5, 0.6) is 0 Å². The normalized spacial score (nSPS) is 10.2. The molecule has 0 saturated carbocycles. The minimum atomic E-state index is -1.15. The van der Waals surface area contributed by atoms with Gasteiger partial charge in [-0.05, 0) is 36.1 Å². The number of unbranched alkanes of at least 4 members (excludes halogenated alkanes) is 2. The number of nitrogens with two attached hydrogens (primary N) is 1. The Morgan fingerprint density at radius 1 is 1.40 bits per heavy atom. The van der Waals surface area contributed by atoms with E-state index in [2.05, 4.69) is 6.92 Å². The number of benzene rings is 1. The van der Waals surface area contributed by atoms with Crippen molar-refractivity contribution in [3.05, 3.63) is 29.3 Å². The number of hydrogen-bond donors (Lipinski definition) is 1. The van der Waals surface area contributed by atoms with Crippen LogP contribution in [0.3, 0.4) is 0 Å². The zero-order chi connectivity index (χ0) is 11.3. The van der Waals surface area contributed by atoms with Crippen LogP contribution < -0.4 is 10.8 Å². The lowest BCUT2D eigenvalue weighted by molar-refractivity contribution is -0.255. The Hall–Kier alpha value is -1.51. The Labute approximate surface area is 89.9 Å². The number of nitrogen functional groups attached to an aromatic ring is 1. The third kappa shape index (κ3) is 3.27. The second-order valence-corrected chi connectivity index (χ2v) is 3.66. The summed E-state index contributed by atoms with van der Waals surface area (Å²) in [5.74, 6) is -1.15. The van der Waals surface area contributed by atoms with Crippen molar-refractivity contribution in [2.24, 2.45) is 0 Å². The maximum Gasteiger partial charge on any atom is 0.0715 e. The van der Waals surface area contributed by atoms with Gasteiger partial charge in [0.15, 0.2) is 0 Å². The minimum absolute atomic E-state index is 0.204. The second kappa shape index (κ2) is 5.39. The van der Waals surface area contributed by atoms with Crippen LogP contribution in [0.1, 0.15) is 42.1 Å². The van der Waals surface area contributed by atoms with Gasteiger partial charge in [0, 0.05) is 5.69 Å². The van der Waals surface area contributed by atoms with Crippen LogP contribution in [0.4, 0.5) is 5.69 Å². The summed E-state index contributed by atoms with van der Waals surface area (Å²) in [6.07, 6.45) is 4.15. The van der Waals surface area contributed by atoms with Gasteiger partial charge in [-0.25, -0.2) is 0 Å². The van der Waals surface area contributed by atoms with Gasteiger partial charge in [-0.3, -0.25) is 0 Å². The molecule has 0 fully saturated rings. The van der Waals surface area contributed by atoms with Crippen LogP contribution in [-0.4, -0.2) is 5.97 Å². The van der Waals surface area contributed by atoms with E-state index in [1.165, 1.54) is 6.07 Å². The smallest absolute Gasteiger partial charge is 0.0715 e. The van der Waals surface area contributed by atoms with E-state index in [9.17, 15) is 9.90 Å². The maximum atomic E-state index is 10.6. The van der Waals surface area contributed by atoms with Gasteiger partial charge in [0.25, 0.3) is 0 Å². The van der Waals surface area contributed by atoms with Crippen LogP contribution in [-0.2, 0) is 6.42 Å². The molecule has 0 atom stereocenters. The zero-order valence-corrected chi connectivity index (χ0v) is 8.95. The van der Waals surface area contributed by atoms with Crippen molar-refractivity contribution in [3.63, 3.8) is 0 Å². The van der Waals surface area contributed by atoms with Crippen molar-refractivity contribution in [3.8, 4) is 0 Å². The summed E-state index contributed by atoms with van der Waals surface area (Å²) >= 11 is 0. The third-order valence-corrected chi connectivity index (χ3v) is 2.43. The number of anilines is 1. The van der Waals surface area contributed by atoms with Gasteiger partial charge in [0.05, 0.1) is 5.97 Å². The van der Waals surface area contributed by atoms with Crippen LogP contribution in [0, 0.1) is 0 Å². The highest BCUT2D eigenvalue weighted by Crippen LogP contribution is 2.16. The Morgan fingerprint density at radius 3 is 2.73 bits per heavy atom. The molecule has 1 aromatic carbocycles. The molecule has 0 spiro atoms. The first kappa shape index (κ1) is 11.6. The van der Waals surface area contributed by atoms with E-state index in [4.69, 9.17) is 5.73 Å². The molecule has 0 aliphatic carbocycles. The predicted molar refractivity (Wildman–Crippen MR) is 58.4 cm³/mol. The molecule has 3 heteroatoms. The Kier molecular flexibility index (Phi) is 4.16. The van der Waals surface area contributed by atoms with Crippen LogP contribution in [0.15, 0.2) is 18.2 Å². The van der Waals surface area contributed by atoms with E-state index in [1.54, 1.807) is 12.1 Å². The monoisotopic (exact) mass is 206 g/mol. The van der Waals surface area contributed by atoms with Crippen LogP contribution in [0.2, 0.25) is 0 Å². The Balaban J connectivity index is 2.76. The molecular weight excluding hydrogens is 190 g/mol. The Morgan fingerprint density at radius 2 is 2.13 bits per heavy atom. The summed E-state index contributed by atoms with van der Waals surface area (Å²) in [7, 11) is 0. The highest BCUT2D eigenvalue weighted by molar-refractivity contribution is 5.86. The number of carboxylic acids is 1. The number of aryl methyl sites for hydroxylation is 1. The molecule has 82 valence electrons. The summed E-state index contributed by atoms with van der Waals surface area (Å²) in [6.45, 7) is 2.13. The van der Waals surface area contributed by atoms with Crippen molar-refractivity contribution in [2.75, 3.05) is 5.73 Å². The topological polar surface area (TPSA) is 66.1 Å². The lowest BCUT2D eigenvalue weighted by atomic mass is 10.0. The van der Waals surface area contributed by atoms with Gasteiger partial charge >= 0.3 is 0 Å². The molecule has 0 saturated heterocycles. The van der Waals surface area contributed by atoms with Crippen LogP contribution >= 0.6 is 0 Å². The zero-order valence-electron chi connectivity index (χ0n) is 8.95. The molecule has 0 unspecified atom stereocenters. The van der Waals surface area contributed by atoms with Crippen molar-refractivity contribution in [1.29, 1.82) is 0 Å². The van der Waals surface area contributed by atoms with E-state index in [0.717, 1.165) is 31.2 Å². The number of hydrogen-bond acceptors (Lipinski definition) is 3. The highest BCUT2D eigenvalue weighted by atomic mass is 16.4. The van der Waals surface area contributed by atoms with Gasteiger partial charge in [0.2, 0.25) is 0 Å². The molecule has 1 rings (SSSR count). The molecule has 3 nitrogen and oxygen atoms in total. The molecule has 0 bridgehead atoms. The fraction of sp³-hybridized carbons (Fsp3) is 0.417. The first-order valence-corrected chi connectivity index (χ1v) is 5.25. The molecule has 0 aliphatic heterocycles. The first-order chi connectivity index (χ1) is 7.15. The van der Waals surface area contributed by atoms with Crippen LogP contribution in [0.25, 0.3) is 0 Å². The van der Waals surface area contributed by atoms with Gasteiger partial charge in [-0.2, -0.15) is 0 Å². The molecule has 1 aromatic rings. The number of carbonyl (C=O) groups excluding carboxylic acids is 1. The van der Waals surface area contributed by atoms with Gasteiger partial charge in [0.1, 0.15) is 0 Å². The molecule has 0 aliphatic rings. The number of carboxylic acid groups (broad SMARTS) is 1. The molecule has 15 heavy (non-hydrogen) atoms. The van der Waals surface area contributed by atoms with Crippen molar-refractivity contribution >= 4 is 11.7 Å². The first-order valence-electron chi connectivity index (χ1n) is 5.25. The summed E-state index contributed by atoms with van der Waals surface area (Å²) in [5.41, 5.74) is 7.53. The van der Waals surface area contributed by atoms with Gasteiger partial charge in [-0.15, -0.1) is 0 Å². The largest absolute Gasteiger partial charge is 0.545 e. The van der Waals surface area contributed by atoms with Crippen molar-refractivity contribution in [2.45, 2.75) is 32.6 Å². The van der Waals surface area contributed by atoms with Crippen molar-refractivity contribution in [1.82, 2.24) is 0 Å². The maximum absolute atomic E-state index is 10.6. The van der Waals surface area contributed by atoms with E-state index < -0.39 is 5.97 Å². The summed E-state index contributed by atoms with van der Waals surface area (Å²) in [6, 6.07) is 4.72. The quantitative estimate of drug-likeness (QED) is 0.584. The summed E-state index contributed by atoms with van der Waals surface area (Å²) in [4.78, 5) is 10.6. The number of rotatable bonds is 5. The number of carbonyl (C=O) groups is 1. The van der Waals surface area contributed by atoms with Gasteiger partial charge < -0.3 is 15.6 Å². The third-order valence-electron chi connectivity index (χ3n) is 2.43. The lowest BCUT2D eigenvalue weighted by Crippen LogP contribution is -2.22. The molecular formula is C12H16NO2-. The van der Waals surface area contributed by atoms with Gasteiger partial charge in [-0.1, -0.05) is 25.8 Å². The highest BCUT2D eigenvalue weighted by Gasteiger charge is 2.01. The average molecular weight is 206 g/mol. The molecule has 0 aromatic heterocycles. The molecule has 0 amide bonds. The van der Waals surface area contributed by atoms with Crippen molar-refractivity contribution < 1.29 is 9.90 Å². The predicted octanol–water partition coefficient (Wildman–Crippen LogP) is 1.36.